The topological polar surface area (TPSA) is 63.2 Å². The second-order valence-corrected chi connectivity index (χ2v) is 6.84. The molecule has 1 aliphatic heterocycles. The van der Waals surface area contributed by atoms with Gasteiger partial charge < -0.3 is 15.4 Å². The quantitative estimate of drug-likeness (QED) is 0.830. The van der Waals surface area contributed by atoms with E-state index < -0.39 is 5.82 Å². The van der Waals surface area contributed by atoms with Gasteiger partial charge in [-0.25, -0.2) is 4.39 Å². The number of ether oxygens (including phenoxy) is 1. The zero-order valence-corrected chi connectivity index (χ0v) is 15.1. The number of fused-ring (bicyclic) bond motifs is 1. The second kappa shape index (κ2) is 8.27. The van der Waals surface area contributed by atoms with Crippen molar-refractivity contribution >= 4 is 11.6 Å². The van der Waals surface area contributed by atoms with E-state index in [0.29, 0.717) is 30.4 Å². The largest absolute Gasteiger partial charge is 0.493 e. The number of pyridine rings is 1. The predicted octanol–water partition coefficient (Wildman–Crippen LogP) is 3.54. The highest BCUT2D eigenvalue weighted by Gasteiger charge is 2.19. The summed E-state index contributed by atoms with van der Waals surface area (Å²) in [5.74, 6) is 0.145. The minimum Gasteiger partial charge on any atom is -0.493 e. The SMILES string of the molecule is CC(C)CCOc1ccc(NC(=O)c2ccnc3c2CNCC3)c(F)c1. The molecule has 1 aromatic heterocycles. The van der Waals surface area contributed by atoms with E-state index in [9.17, 15) is 9.18 Å². The van der Waals surface area contributed by atoms with E-state index >= 15 is 0 Å². The molecule has 26 heavy (non-hydrogen) atoms. The molecule has 1 aliphatic rings. The Morgan fingerprint density at radius 3 is 3.00 bits per heavy atom. The van der Waals surface area contributed by atoms with Crippen molar-refractivity contribution < 1.29 is 13.9 Å². The predicted molar refractivity (Wildman–Crippen MR) is 99.0 cm³/mol. The number of nitrogens with zero attached hydrogens (tertiary/aromatic N) is 1. The third-order valence-electron chi connectivity index (χ3n) is 4.38. The van der Waals surface area contributed by atoms with E-state index in [-0.39, 0.29) is 11.6 Å². The number of hydrogen-bond acceptors (Lipinski definition) is 4. The molecule has 1 amide bonds. The molecule has 2 aromatic rings. The maximum absolute atomic E-state index is 14.3. The van der Waals surface area contributed by atoms with Gasteiger partial charge in [-0.3, -0.25) is 9.78 Å². The first-order valence-electron chi connectivity index (χ1n) is 8.95. The first kappa shape index (κ1) is 18.3. The summed E-state index contributed by atoms with van der Waals surface area (Å²) in [6.07, 6.45) is 3.32. The van der Waals surface area contributed by atoms with E-state index in [1.165, 1.54) is 12.1 Å². The Bertz CT molecular complexity index is 793. The summed E-state index contributed by atoms with van der Waals surface area (Å²) in [7, 11) is 0. The molecule has 6 heteroatoms. The van der Waals surface area contributed by atoms with Crippen LogP contribution in [0, 0.1) is 11.7 Å². The zero-order chi connectivity index (χ0) is 18.5. The van der Waals surface area contributed by atoms with Crippen LogP contribution in [0.4, 0.5) is 10.1 Å². The molecule has 5 nitrogen and oxygen atoms in total. The Morgan fingerprint density at radius 1 is 1.38 bits per heavy atom. The smallest absolute Gasteiger partial charge is 0.256 e. The van der Waals surface area contributed by atoms with Crippen molar-refractivity contribution in [1.82, 2.24) is 10.3 Å². The van der Waals surface area contributed by atoms with Crippen LogP contribution in [0.2, 0.25) is 0 Å². The second-order valence-electron chi connectivity index (χ2n) is 6.84. The lowest BCUT2D eigenvalue weighted by atomic mass is 10.0. The fourth-order valence-electron chi connectivity index (χ4n) is 2.87. The summed E-state index contributed by atoms with van der Waals surface area (Å²) in [6, 6.07) is 6.17. The van der Waals surface area contributed by atoms with Gasteiger partial charge >= 0.3 is 0 Å². The van der Waals surface area contributed by atoms with Gasteiger partial charge in [-0.05, 0) is 30.5 Å². The van der Waals surface area contributed by atoms with E-state index in [0.717, 1.165) is 30.6 Å². The third-order valence-corrected chi connectivity index (χ3v) is 4.38. The minimum absolute atomic E-state index is 0.139. The number of benzene rings is 1. The highest BCUT2D eigenvalue weighted by molar-refractivity contribution is 6.05. The average molecular weight is 357 g/mol. The molecule has 0 bridgehead atoms. The molecule has 0 radical (unpaired) electrons. The number of carbonyl (C=O) groups is 1. The van der Waals surface area contributed by atoms with Crippen LogP contribution < -0.4 is 15.4 Å². The number of hydrogen-bond donors (Lipinski definition) is 2. The van der Waals surface area contributed by atoms with Crippen LogP contribution in [0.3, 0.4) is 0 Å². The molecule has 0 unspecified atom stereocenters. The monoisotopic (exact) mass is 357 g/mol. The summed E-state index contributed by atoms with van der Waals surface area (Å²) in [6.45, 7) is 6.19. The van der Waals surface area contributed by atoms with Gasteiger partial charge in [0, 0.05) is 48.6 Å². The zero-order valence-electron chi connectivity index (χ0n) is 15.1. The van der Waals surface area contributed by atoms with Crippen molar-refractivity contribution in [1.29, 1.82) is 0 Å². The van der Waals surface area contributed by atoms with Crippen LogP contribution in [-0.4, -0.2) is 24.0 Å². The molecule has 3 rings (SSSR count). The summed E-state index contributed by atoms with van der Waals surface area (Å²) >= 11 is 0. The lowest BCUT2D eigenvalue weighted by Crippen LogP contribution is -2.28. The van der Waals surface area contributed by atoms with Gasteiger partial charge in [-0.1, -0.05) is 13.8 Å². The maximum atomic E-state index is 14.3. The van der Waals surface area contributed by atoms with E-state index in [1.54, 1.807) is 18.3 Å². The summed E-state index contributed by atoms with van der Waals surface area (Å²) in [5, 5.41) is 5.89. The van der Waals surface area contributed by atoms with Gasteiger partial charge in [-0.2, -0.15) is 0 Å². The highest BCUT2D eigenvalue weighted by atomic mass is 19.1. The van der Waals surface area contributed by atoms with Gasteiger partial charge in [0.25, 0.3) is 5.91 Å². The Labute approximate surface area is 153 Å². The summed E-state index contributed by atoms with van der Waals surface area (Å²) in [4.78, 5) is 16.9. The third kappa shape index (κ3) is 4.38. The molecule has 2 heterocycles. The number of nitrogens with one attached hydrogen (secondary N) is 2. The van der Waals surface area contributed by atoms with E-state index in [1.807, 2.05) is 0 Å². The van der Waals surface area contributed by atoms with Crippen LogP contribution in [0.1, 0.15) is 41.9 Å². The molecular weight excluding hydrogens is 333 g/mol. The minimum atomic E-state index is -0.513. The lowest BCUT2D eigenvalue weighted by Gasteiger charge is -2.19. The van der Waals surface area contributed by atoms with Crippen molar-refractivity contribution in [3.8, 4) is 5.75 Å². The molecule has 1 aromatic carbocycles. The number of rotatable bonds is 6. The van der Waals surface area contributed by atoms with Gasteiger partial charge in [0.2, 0.25) is 0 Å². The molecule has 0 fully saturated rings. The molecule has 0 atom stereocenters. The van der Waals surface area contributed by atoms with Crippen LogP contribution in [0.15, 0.2) is 30.5 Å². The van der Waals surface area contributed by atoms with Crippen molar-refractivity contribution in [2.24, 2.45) is 5.92 Å². The number of anilines is 1. The Kier molecular flexibility index (Phi) is 5.83. The van der Waals surface area contributed by atoms with Crippen molar-refractivity contribution in [2.75, 3.05) is 18.5 Å². The number of aromatic nitrogens is 1. The van der Waals surface area contributed by atoms with Gasteiger partial charge in [0.15, 0.2) is 0 Å². The molecule has 2 N–H and O–H groups in total. The maximum Gasteiger partial charge on any atom is 0.256 e. The van der Waals surface area contributed by atoms with Crippen LogP contribution in [0.25, 0.3) is 0 Å². The summed E-state index contributed by atoms with van der Waals surface area (Å²) < 4.78 is 19.9. The van der Waals surface area contributed by atoms with Crippen LogP contribution >= 0.6 is 0 Å². The van der Waals surface area contributed by atoms with Crippen molar-refractivity contribution in [3.63, 3.8) is 0 Å². The highest BCUT2D eigenvalue weighted by Crippen LogP contribution is 2.23. The first-order chi connectivity index (χ1) is 12.5. The molecule has 0 spiro atoms. The Hall–Kier alpha value is -2.47. The Morgan fingerprint density at radius 2 is 2.23 bits per heavy atom. The van der Waals surface area contributed by atoms with Crippen LogP contribution in [-0.2, 0) is 13.0 Å². The van der Waals surface area contributed by atoms with Gasteiger partial charge in [-0.15, -0.1) is 0 Å². The molecule has 0 aliphatic carbocycles. The first-order valence-corrected chi connectivity index (χ1v) is 8.95. The molecular formula is C20H24FN3O2. The normalized spacial score (nSPS) is 13.4. The molecule has 138 valence electrons. The standard InChI is InChI=1S/C20H24FN3O2/c1-13(2)7-10-26-14-3-4-19(17(21)11-14)24-20(25)15-5-9-23-18-6-8-22-12-16(15)18/h3-5,9,11,13,22H,6-8,10,12H2,1-2H3,(H,24,25). The van der Waals surface area contributed by atoms with Crippen LogP contribution in [0.5, 0.6) is 5.75 Å². The average Bonchev–Trinajstić information content (AvgIpc) is 2.63. The summed E-state index contributed by atoms with van der Waals surface area (Å²) in [5.41, 5.74) is 2.47. The fraction of sp³-hybridized carbons (Fsp3) is 0.400. The van der Waals surface area contributed by atoms with Crippen molar-refractivity contribution in [2.45, 2.75) is 33.2 Å². The van der Waals surface area contributed by atoms with Gasteiger partial charge in [0.1, 0.15) is 11.6 Å². The molecule has 0 saturated carbocycles. The number of amides is 1. The molecule has 0 saturated heterocycles. The van der Waals surface area contributed by atoms with Gasteiger partial charge in [0.05, 0.1) is 12.3 Å². The Balaban J connectivity index is 1.70. The van der Waals surface area contributed by atoms with E-state index in [4.69, 9.17) is 4.74 Å². The number of halogens is 1. The lowest BCUT2D eigenvalue weighted by molar-refractivity contribution is 0.102. The number of carbonyl (C=O) groups excluding carboxylic acids is 1. The fourth-order valence-corrected chi connectivity index (χ4v) is 2.87. The van der Waals surface area contributed by atoms with Crippen molar-refractivity contribution in [3.05, 3.63) is 53.1 Å². The van der Waals surface area contributed by atoms with E-state index in [2.05, 4.69) is 29.5 Å².